The molecule has 102 valence electrons. The third-order valence-corrected chi connectivity index (χ3v) is 3.74. The van der Waals surface area contributed by atoms with Crippen molar-refractivity contribution >= 4 is 5.91 Å². The molecule has 5 heteroatoms. The molecule has 0 aliphatic carbocycles. The molecule has 2 atom stereocenters. The highest BCUT2D eigenvalue weighted by Crippen LogP contribution is 2.24. The summed E-state index contributed by atoms with van der Waals surface area (Å²) in [4.78, 5) is 16.0. The van der Waals surface area contributed by atoms with E-state index in [2.05, 4.69) is 11.5 Å². The number of nitrogens with zero attached hydrogens (tertiary/aromatic N) is 2. The molecule has 0 bridgehead atoms. The summed E-state index contributed by atoms with van der Waals surface area (Å²) in [5.74, 6) is 1.00. The molecule has 0 saturated carbocycles. The second-order valence-corrected chi connectivity index (χ2v) is 5.03. The molecule has 3 heterocycles. The summed E-state index contributed by atoms with van der Waals surface area (Å²) in [5.41, 5.74) is 0. The van der Waals surface area contributed by atoms with Crippen LogP contribution < -0.4 is 0 Å². The molecule has 19 heavy (non-hydrogen) atoms. The van der Waals surface area contributed by atoms with Crippen molar-refractivity contribution in [1.29, 1.82) is 0 Å². The molecule has 2 fully saturated rings. The predicted octanol–water partition coefficient (Wildman–Crippen LogP) is 0.877. The largest absolute Gasteiger partial charge is 0.468 e. The molecule has 1 aromatic rings. The van der Waals surface area contributed by atoms with Crippen molar-refractivity contribution in [3.05, 3.63) is 36.8 Å². The van der Waals surface area contributed by atoms with Gasteiger partial charge in [-0.1, -0.05) is 6.08 Å². The van der Waals surface area contributed by atoms with Crippen LogP contribution in [-0.2, 0) is 16.1 Å². The lowest BCUT2D eigenvalue weighted by Crippen LogP contribution is -2.53. The highest BCUT2D eigenvalue weighted by Gasteiger charge is 2.42. The first kappa shape index (κ1) is 12.4. The van der Waals surface area contributed by atoms with E-state index in [0.717, 1.165) is 25.4 Å². The van der Waals surface area contributed by atoms with Crippen molar-refractivity contribution in [2.75, 3.05) is 26.2 Å². The molecule has 5 nitrogen and oxygen atoms in total. The van der Waals surface area contributed by atoms with Crippen molar-refractivity contribution in [3.63, 3.8) is 0 Å². The van der Waals surface area contributed by atoms with Gasteiger partial charge in [0.2, 0.25) is 5.91 Å². The van der Waals surface area contributed by atoms with E-state index in [9.17, 15) is 4.79 Å². The van der Waals surface area contributed by atoms with Gasteiger partial charge in [-0.25, -0.2) is 0 Å². The fourth-order valence-electron chi connectivity index (χ4n) is 2.87. The molecule has 3 rings (SSSR count). The van der Waals surface area contributed by atoms with E-state index in [4.69, 9.17) is 9.15 Å². The fraction of sp³-hybridized carbons (Fsp3) is 0.500. The average Bonchev–Trinajstić information content (AvgIpc) is 3.02. The van der Waals surface area contributed by atoms with Crippen molar-refractivity contribution in [2.24, 2.45) is 0 Å². The molecule has 0 unspecified atom stereocenters. The van der Waals surface area contributed by atoms with Crippen LogP contribution in [0.15, 0.2) is 35.5 Å². The SMILES string of the molecule is C=CCN1C(=O)CO[C@@H]2CN(Cc3ccco3)C[C@H]21. The number of ether oxygens (including phenoxy) is 1. The van der Waals surface area contributed by atoms with Crippen LogP contribution in [0.5, 0.6) is 0 Å². The van der Waals surface area contributed by atoms with Crippen LogP contribution in [0, 0.1) is 0 Å². The Labute approximate surface area is 112 Å². The van der Waals surface area contributed by atoms with E-state index >= 15 is 0 Å². The maximum atomic E-state index is 11.9. The Morgan fingerprint density at radius 1 is 1.47 bits per heavy atom. The zero-order chi connectivity index (χ0) is 13.2. The Morgan fingerprint density at radius 3 is 3.11 bits per heavy atom. The van der Waals surface area contributed by atoms with Crippen molar-refractivity contribution < 1.29 is 13.9 Å². The Bertz CT molecular complexity index is 457. The molecule has 0 aromatic carbocycles. The van der Waals surface area contributed by atoms with Gasteiger partial charge in [0.1, 0.15) is 12.4 Å². The monoisotopic (exact) mass is 262 g/mol. The first-order valence-corrected chi connectivity index (χ1v) is 6.54. The number of carbonyl (C=O) groups excluding carboxylic acids is 1. The number of fused-ring (bicyclic) bond motifs is 1. The Morgan fingerprint density at radius 2 is 2.37 bits per heavy atom. The highest BCUT2D eigenvalue weighted by molar-refractivity contribution is 5.78. The number of likely N-dealkylation sites (tertiary alicyclic amines) is 1. The predicted molar refractivity (Wildman–Crippen MR) is 69.4 cm³/mol. The van der Waals surface area contributed by atoms with Crippen LogP contribution >= 0.6 is 0 Å². The minimum Gasteiger partial charge on any atom is -0.468 e. The number of amides is 1. The van der Waals surface area contributed by atoms with Gasteiger partial charge < -0.3 is 14.1 Å². The molecule has 1 aromatic heterocycles. The highest BCUT2D eigenvalue weighted by atomic mass is 16.5. The molecular weight excluding hydrogens is 244 g/mol. The molecule has 2 saturated heterocycles. The van der Waals surface area contributed by atoms with Gasteiger partial charge in [0.25, 0.3) is 0 Å². The standard InChI is InChI=1S/C14H18N2O3/c1-2-5-16-12-8-15(7-11-4-3-6-18-11)9-13(12)19-10-14(16)17/h2-4,6,12-13H,1,5,7-10H2/t12-,13-/m1/s1. The van der Waals surface area contributed by atoms with Crippen molar-refractivity contribution in [3.8, 4) is 0 Å². The van der Waals surface area contributed by atoms with E-state index in [1.807, 2.05) is 17.0 Å². The van der Waals surface area contributed by atoms with Crippen LogP contribution in [0.25, 0.3) is 0 Å². The van der Waals surface area contributed by atoms with Gasteiger partial charge in [-0.15, -0.1) is 6.58 Å². The van der Waals surface area contributed by atoms with Crippen molar-refractivity contribution in [1.82, 2.24) is 9.80 Å². The quantitative estimate of drug-likeness (QED) is 0.756. The molecule has 0 spiro atoms. The maximum absolute atomic E-state index is 11.9. The van der Waals surface area contributed by atoms with Gasteiger partial charge >= 0.3 is 0 Å². The Kier molecular flexibility index (Phi) is 3.40. The van der Waals surface area contributed by atoms with Crippen LogP contribution in [0.1, 0.15) is 5.76 Å². The second kappa shape index (κ2) is 5.19. The summed E-state index contributed by atoms with van der Waals surface area (Å²) in [5, 5.41) is 0. The van der Waals surface area contributed by atoms with E-state index in [-0.39, 0.29) is 24.7 Å². The van der Waals surface area contributed by atoms with E-state index < -0.39 is 0 Å². The molecule has 0 radical (unpaired) electrons. The topological polar surface area (TPSA) is 45.9 Å². The number of rotatable bonds is 4. The summed E-state index contributed by atoms with van der Waals surface area (Å²) in [7, 11) is 0. The van der Waals surface area contributed by atoms with Gasteiger partial charge in [-0.3, -0.25) is 9.69 Å². The summed E-state index contributed by atoms with van der Waals surface area (Å²) >= 11 is 0. The van der Waals surface area contributed by atoms with Gasteiger partial charge in [0, 0.05) is 19.6 Å². The van der Waals surface area contributed by atoms with Gasteiger partial charge in [0.15, 0.2) is 0 Å². The van der Waals surface area contributed by atoms with Crippen LogP contribution in [0.4, 0.5) is 0 Å². The summed E-state index contributed by atoms with van der Waals surface area (Å²) < 4.78 is 11.0. The molecule has 1 amide bonds. The van der Waals surface area contributed by atoms with Gasteiger partial charge in [0.05, 0.1) is 25.0 Å². The second-order valence-electron chi connectivity index (χ2n) is 5.03. The van der Waals surface area contributed by atoms with E-state index in [1.165, 1.54) is 0 Å². The maximum Gasteiger partial charge on any atom is 0.249 e. The molecule has 2 aliphatic heterocycles. The summed E-state index contributed by atoms with van der Waals surface area (Å²) in [6.07, 6.45) is 3.56. The number of carbonyl (C=O) groups is 1. The number of furan rings is 1. The van der Waals surface area contributed by atoms with Crippen LogP contribution in [0.2, 0.25) is 0 Å². The van der Waals surface area contributed by atoms with Gasteiger partial charge in [-0.05, 0) is 12.1 Å². The lowest BCUT2D eigenvalue weighted by molar-refractivity contribution is -0.151. The minimum atomic E-state index is 0.0565. The average molecular weight is 262 g/mol. The Balaban J connectivity index is 1.68. The Hall–Kier alpha value is -1.59. The van der Waals surface area contributed by atoms with Crippen LogP contribution in [0.3, 0.4) is 0 Å². The number of hydrogen-bond donors (Lipinski definition) is 0. The summed E-state index contributed by atoms with van der Waals surface area (Å²) in [6, 6.07) is 3.99. The van der Waals surface area contributed by atoms with E-state index in [1.54, 1.807) is 12.3 Å². The number of hydrogen-bond acceptors (Lipinski definition) is 4. The van der Waals surface area contributed by atoms with Gasteiger partial charge in [-0.2, -0.15) is 0 Å². The molecule has 0 N–H and O–H groups in total. The minimum absolute atomic E-state index is 0.0565. The zero-order valence-corrected chi connectivity index (χ0v) is 10.8. The normalized spacial score (nSPS) is 27.6. The van der Waals surface area contributed by atoms with Crippen molar-refractivity contribution in [2.45, 2.75) is 18.7 Å². The lowest BCUT2D eigenvalue weighted by Gasteiger charge is -2.36. The number of morpholine rings is 1. The first-order valence-electron chi connectivity index (χ1n) is 6.54. The smallest absolute Gasteiger partial charge is 0.249 e. The van der Waals surface area contributed by atoms with Crippen LogP contribution in [-0.4, -0.2) is 54.1 Å². The third-order valence-electron chi connectivity index (χ3n) is 3.74. The lowest BCUT2D eigenvalue weighted by atomic mass is 10.1. The molecular formula is C14H18N2O3. The molecule has 2 aliphatic rings. The third kappa shape index (κ3) is 2.43. The summed E-state index contributed by atoms with van der Waals surface area (Å²) in [6.45, 7) is 6.93. The zero-order valence-electron chi connectivity index (χ0n) is 10.8. The van der Waals surface area contributed by atoms with E-state index in [0.29, 0.717) is 6.54 Å². The first-order chi connectivity index (χ1) is 9.28. The fourth-order valence-corrected chi connectivity index (χ4v) is 2.87.